The maximum Gasteiger partial charge on any atom is 0.223 e. The Morgan fingerprint density at radius 1 is 1.52 bits per heavy atom. The second-order valence-electron chi connectivity index (χ2n) is 5.47. The molecule has 1 amide bonds. The van der Waals surface area contributed by atoms with E-state index >= 15 is 0 Å². The Labute approximate surface area is 138 Å². The van der Waals surface area contributed by atoms with Crippen LogP contribution in [0.5, 0.6) is 0 Å². The highest BCUT2D eigenvalue weighted by Crippen LogP contribution is 2.25. The summed E-state index contributed by atoms with van der Waals surface area (Å²) in [4.78, 5) is 39.7. The van der Waals surface area contributed by atoms with E-state index in [0.29, 0.717) is 18.0 Å². The Kier molecular flexibility index (Phi) is 5.64. The molecule has 1 aliphatic rings. The predicted molar refractivity (Wildman–Crippen MR) is 84.1 cm³/mol. The van der Waals surface area contributed by atoms with E-state index < -0.39 is 23.4 Å². The zero-order chi connectivity index (χ0) is 17.0. The number of carbonyl (C=O) groups excluding carboxylic acids is 3. The summed E-state index contributed by atoms with van der Waals surface area (Å²) in [5.74, 6) is -3.02. The highest BCUT2D eigenvalue weighted by atomic mass is 32.1. The van der Waals surface area contributed by atoms with Gasteiger partial charge in [-0.2, -0.15) is 5.26 Å². The van der Waals surface area contributed by atoms with E-state index in [4.69, 9.17) is 4.74 Å². The summed E-state index contributed by atoms with van der Waals surface area (Å²) < 4.78 is 4.93. The van der Waals surface area contributed by atoms with Crippen molar-refractivity contribution in [3.05, 3.63) is 21.9 Å². The van der Waals surface area contributed by atoms with Crippen LogP contribution in [0, 0.1) is 30.1 Å². The first-order valence-corrected chi connectivity index (χ1v) is 8.10. The fraction of sp³-hybridized carbons (Fsp3) is 0.500. The van der Waals surface area contributed by atoms with Gasteiger partial charge in [0.05, 0.1) is 17.6 Å². The summed E-state index contributed by atoms with van der Waals surface area (Å²) in [6, 6.07) is 5.22. The van der Waals surface area contributed by atoms with Gasteiger partial charge < -0.3 is 9.64 Å². The summed E-state index contributed by atoms with van der Waals surface area (Å²) >= 11 is 1.26. The standard InChI is InChI=1S/C16H18N2O4S/c1-10-3-4-13(23-10)16(21)12(8-17)15(20)11-7-14(19)18(9-11)5-6-22-2/h3-4,11-12H,5-7,9H2,1-2H3/t11-,12-/m0/s1. The minimum absolute atomic E-state index is 0.0531. The lowest BCUT2D eigenvalue weighted by Gasteiger charge is -2.16. The van der Waals surface area contributed by atoms with E-state index in [2.05, 4.69) is 0 Å². The molecule has 6 nitrogen and oxygen atoms in total. The minimum Gasteiger partial charge on any atom is -0.383 e. The summed E-state index contributed by atoms with van der Waals surface area (Å²) in [5.41, 5.74) is 0. The van der Waals surface area contributed by atoms with Crippen LogP contribution in [0.3, 0.4) is 0 Å². The van der Waals surface area contributed by atoms with Gasteiger partial charge in [-0.15, -0.1) is 11.3 Å². The van der Waals surface area contributed by atoms with E-state index in [1.807, 2.05) is 13.0 Å². The third kappa shape index (κ3) is 3.84. The van der Waals surface area contributed by atoms with Gasteiger partial charge in [0.1, 0.15) is 0 Å². The van der Waals surface area contributed by atoms with Crippen LogP contribution in [0.4, 0.5) is 0 Å². The molecule has 0 spiro atoms. The van der Waals surface area contributed by atoms with Crippen LogP contribution in [0.25, 0.3) is 0 Å². The van der Waals surface area contributed by atoms with Crippen molar-refractivity contribution in [3.8, 4) is 6.07 Å². The molecule has 0 aliphatic carbocycles. The van der Waals surface area contributed by atoms with Crippen LogP contribution in [-0.4, -0.2) is 49.2 Å². The van der Waals surface area contributed by atoms with Crippen LogP contribution >= 0.6 is 11.3 Å². The molecule has 23 heavy (non-hydrogen) atoms. The molecule has 1 aliphatic heterocycles. The van der Waals surface area contributed by atoms with Crippen LogP contribution in [0.2, 0.25) is 0 Å². The van der Waals surface area contributed by atoms with Crippen LogP contribution in [0.15, 0.2) is 12.1 Å². The maximum absolute atomic E-state index is 12.5. The summed E-state index contributed by atoms with van der Waals surface area (Å²) in [5, 5.41) is 9.26. The number of methoxy groups -OCH3 is 1. The Morgan fingerprint density at radius 2 is 2.26 bits per heavy atom. The maximum atomic E-state index is 12.5. The van der Waals surface area contributed by atoms with E-state index in [-0.39, 0.29) is 18.9 Å². The number of hydrogen-bond acceptors (Lipinski definition) is 6. The topological polar surface area (TPSA) is 87.5 Å². The number of hydrogen-bond donors (Lipinski definition) is 0. The van der Waals surface area contributed by atoms with Crippen molar-refractivity contribution < 1.29 is 19.1 Å². The number of rotatable bonds is 7. The minimum atomic E-state index is -1.34. The molecule has 0 bridgehead atoms. The lowest BCUT2D eigenvalue weighted by atomic mass is 9.89. The number of aryl methyl sites for hydroxylation is 1. The van der Waals surface area contributed by atoms with Gasteiger partial charge in [-0.05, 0) is 19.1 Å². The van der Waals surface area contributed by atoms with Gasteiger partial charge in [0.2, 0.25) is 5.91 Å². The lowest BCUT2D eigenvalue weighted by molar-refractivity contribution is -0.129. The van der Waals surface area contributed by atoms with Crippen molar-refractivity contribution >= 4 is 28.8 Å². The van der Waals surface area contributed by atoms with Crippen LogP contribution < -0.4 is 0 Å². The molecule has 2 atom stereocenters. The zero-order valence-electron chi connectivity index (χ0n) is 13.1. The van der Waals surface area contributed by atoms with Gasteiger partial charge in [-0.3, -0.25) is 14.4 Å². The molecule has 2 rings (SSSR count). The Balaban J connectivity index is 2.07. The number of ether oxygens (including phenoxy) is 1. The van der Waals surface area contributed by atoms with Gasteiger partial charge in [-0.1, -0.05) is 0 Å². The van der Waals surface area contributed by atoms with Gasteiger partial charge in [-0.25, -0.2) is 0 Å². The highest BCUT2D eigenvalue weighted by molar-refractivity contribution is 7.14. The van der Waals surface area contributed by atoms with Crippen molar-refractivity contribution in [1.29, 1.82) is 5.26 Å². The molecule has 1 aromatic heterocycles. The molecule has 2 heterocycles. The molecule has 1 aromatic rings. The Bertz CT molecular complexity index is 661. The van der Waals surface area contributed by atoms with Gasteiger partial charge >= 0.3 is 0 Å². The average molecular weight is 334 g/mol. The monoisotopic (exact) mass is 334 g/mol. The summed E-state index contributed by atoms with van der Waals surface area (Å²) in [6.07, 6.45) is 0.0531. The van der Waals surface area contributed by atoms with Crippen molar-refractivity contribution in [2.24, 2.45) is 11.8 Å². The van der Waals surface area contributed by atoms with Gasteiger partial charge in [0.25, 0.3) is 0 Å². The van der Waals surface area contributed by atoms with Gasteiger partial charge in [0, 0.05) is 37.4 Å². The molecule has 1 saturated heterocycles. The highest BCUT2D eigenvalue weighted by Gasteiger charge is 2.40. The number of thiophene rings is 1. The first kappa shape index (κ1) is 17.3. The number of ketones is 2. The number of nitriles is 1. The molecule has 0 N–H and O–H groups in total. The van der Waals surface area contributed by atoms with E-state index in [0.717, 1.165) is 4.88 Å². The second kappa shape index (κ2) is 7.49. The predicted octanol–water partition coefficient (Wildman–Crippen LogP) is 1.44. The molecule has 0 saturated carbocycles. The third-order valence-corrected chi connectivity index (χ3v) is 4.86. The smallest absolute Gasteiger partial charge is 0.223 e. The van der Waals surface area contributed by atoms with E-state index in [1.54, 1.807) is 17.0 Å². The quantitative estimate of drug-likeness (QED) is 0.556. The molecular formula is C16H18N2O4S. The van der Waals surface area contributed by atoms with Crippen molar-refractivity contribution in [2.45, 2.75) is 13.3 Å². The van der Waals surface area contributed by atoms with Gasteiger partial charge in [0.15, 0.2) is 17.5 Å². The lowest BCUT2D eigenvalue weighted by Crippen LogP contribution is -2.32. The first-order chi connectivity index (χ1) is 11.0. The normalized spacial score (nSPS) is 18.7. The van der Waals surface area contributed by atoms with Crippen molar-refractivity contribution in [1.82, 2.24) is 4.90 Å². The summed E-state index contributed by atoms with van der Waals surface area (Å²) in [7, 11) is 1.54. The molecule has 122 valence electrons. The zero-order valence-corrected chi connectivity index (χ0v) is 13.9. The number of likely N-dealkylation sites (tertiary alicyclic amines) is 1. The molecule has 0 radical (unpaired) electrons. The number of Topliss-reactive ketones (excluding diaryl/α,β-unsaturated/α-hetero) is 2. The molecule has 7 heteroatoms. The Morgan fingerprint density at radius 3 is 2.83 bits per heavy atom. The first-order valence-electron chi connectivity index (χ1n) is 7.28. The summed E-state index contributed by atoms with van der Waals surface area (Å²) in [6.45, 7) is 2.90. The molecule has 0 aromatic carbocycles. The Hall–Kier alpha value is -2.04. The van der Waals surface area contributed by atoms with Crippen LogP contribution in [0.1, 0.15) is 21.0 Å². The molecule has 0 unspecified atom stereocenters. The van der Waals surface area contributed by atoms with Crippen LogP contribution in [-0.2, 0) is 14.3 Å². The largest absolute Gasteiger partial charge is 0.383 e. The van der Waals surface area contributed by atoms with E-state index in [1.165, 1.54) is 18.4 Å². The SMILES string of the molecule is COCCN1C[C@@H](C(=O)[C@H](C#N)C(=O)c2ccc(C)s2)CC1=O. The van der Waals surface area contributed by atoms with Crippen molar-refractivity contribution in [2.75, 3.05) is 26.8 Å². The third-order valence-electron chi connectivity index (χ3n) is 3.84. The fourth-order valence-electron chi connectivity index (χ4n) is 2.58. The fourth-order valence-corrected chi connectivity index (χ4v) is 3.41. The second-order valence-corrected chi connectivity index (χ2v) is 6.76. The average Bonchev–Trinajstić information content (AvgIpc) is 3.12. The number of nitrogens with zero attached hydrogens (tertiary/aromatic N) is 2. The molecular weight excluding hydrogens is 316 g/mol. The van der Waals surface area contributed by atoms with E-state index in [9.17, 15) is 19.6 Å². The molecule has 1 fully saturated rings. The number of amides is 1. The van der Waals surface area contributed by atoms with Crippen molar-refractivity contribution in [3.63, 3.8) is 0 Å². The number of carbonyl (C=O) groups is 3.